The van der Waals surface area contributed by atoms with Crippen LogP contribution < -0.4 is 9.75 Å². The average molecular weight is 506 g/mol. The van der Waals surface area contributed by atoms with Gasteiger partial charge in [-0.1, -0.05) is 60.1 Å². The van der Waals surface area contributed by atoms with Crippen LogP contribution in [0.5, 0.6) is 11.5 Å². The summed E-state index contributed by atoms with van der Waals surface area (Å²) in [4.78, 5) is 17.5. The van der Waals surface area contributed by atoms with E-state index in [1.54, 1.807) is 29.3 Å². The van der Waals surface area contributed by atoms with Crippen molar-refractivity contribution in [2.24, 2.45) is 10.1 Å². The molecule has 0 aromatic heterocycles. The fourth-order valence-corrected chi connectivity index (χ4v) is 4.11. The predicted molar refractivity (Wildman–Crippen MR) is 152 cm³/mol. The third-order valence-electron chi connectivity index (χ3n) is 5.68. The van der Waals surface area contributed by atoms with Gasteiger partial charge in [-0.2, -0.15) is 5.10 Å². The summed E-state index contributed by atoms with van der Waals surface area (Å²) >= 11 is 6.38. The number of carbonyl (C=O) groups is 1. The quantitative estimate of drug-likeness (QED) is 0.187. The first-order valence-electron chi connectivity index (χ1n) is 11.9. The van der Waals surface area contributed by atoms with Crippen LogP contribution >= 0.6 is 11.6 Å². The maximum absolute atomic E-state index is 12.8. The molecule has 4 aromatic carbocycles. The highest BCUT2D eigenvalue weighted by Crippen LogP contribution is 2.30. The highest BCUT2D eigenvalue weighted by atomic mass is 35.5. The number of ketones is 1. The Labute approximate surface area is 221 Å². The minimum absolute atomic E-state index is 0.0914. The van der Waals surface area contributed by atoms with E-state index in [0.717, 1.165) is 34.2 Å². The average Bonchev–Trinajstić information content (AvgIpc) is 3.28. The molecule has 1 heterocycles. The molecule has 37 heavy (non-hydrogen) atoms. The number of amidine groups is 1. The number of halogens is 1. The van der Waals surface area contributed by atoms with Crippen molar-refractivity contribution in [2.75, 3.05) is 5.01 Å². The molecule has 0 N–H and O–H groups in total. The Morgan fingerprint density at radius 3 is 2.43 bits per heavy atom. The molecule has 0 atom stereocenters. The molecule has 1 aliphatic rings. The van der Waals surface area contributed by atoms with Gasteiger partial charge in [0.15, 0.2) is 5.78 Å². The second-order valence-corrected chi connectivity index (χ2v) is 8.94. The van der Waals surface area contributed by atoms with Crippen LogP contribution in [0.1, 0.15) is 29.3 Å². The minimum atomic E-state index is -0.0914. The maximum Gasteiger partial charge on any atom is 0.185 e. The Kier molecular flexibility index (Phi) is 7.24. The van der Waals surface area contributed by atoms with Crippen molar-refractivity contribution in [2.45, 2.75) is 13.3 Å². The zero-order chi connectivity index (χ0) is 25.6. The molecule has 0 amide bonds. The van der Waals surface area contributed by atoms with Gasteiger partial charge in [0.2, 0.25) is 0 Å². The zero-order valence-corrected chi connectivity index (χ0v) is 21.0. The van der Waals surface area contributed by atoms with Crippen molar-refractivity contribution in [1.82, 2.24) is 0 Å². The summed E-state index contributed by atoms with van der Waals surface area (Å²) < 4.78 is 5.88. The van der Waals surface area contributed by atoms with Gasteiger partial charge < -0.3 is 4.74 Å². The molecule has 0 unspecified atom stereocenters. The van der Waals surface area contributed by atoms with Crippen molar-refractivity contribution in [3.8, 4) is 11.5 Å². The molecule has 182 valence electrons. The summed E-state index contributed by atoms with van der Waals surface area (Å²) in [7, 11) is 0. The van der Waals surface area contributed by atoms with Crippen molar-refractivity contribution in [3.05, 3.63) is 125 Å². The second-order valence-electron chi connectivity index (χ2n) is 8.54. The minimum Gasteiger partial charge on any atom is -0.457 e. The summed E-state index contributed by atoms with van der Waals surface area (Å²) in [5, 5.41) is 6.97. The molecule has 0 saturated carbocycles. The zero-order valence-electron chi connectivity index (χ0n) is 20.2. The van der Waals surface area contributed by atoms with Crippen molar-refractivity contribution in [3.63, 3.8) is 0 Å². The monoisotopic (exact) mass is 505 g/mol. The van der Waals surface area contributed by atoms with Crippen LogP contribution in [0.2, 0.25) is 5.02 Å². The Bertz CT molecular complexity index is 1510. The summed E-state index contributed by atoms with van der Waals surface area (Å²) in [5.41, 5.74) is 3.94. The van der Waals surface area contributed by atoms with E-state index >= 15 is 0 Å². The first kappa shape index (κ1) is 24.2. The standard InChI is InChI=1S/C31H24ClN3O2/c1-22-20-31(35(34-22)29-13-6-5-12-28(29)32)33-25-17-15-24(16-18-25)30(36)19-14-23-8-7-11-27(21-23)37-26-9-3-2-4-10-26/h2-19,21H,20H2,1H3/b19-14+,33-31?. The van der Waals surface area contributed by atoms with Gasteiger partial charge in [0.05, 0.1) is 16.4 Å². The SMILES string of the molecule is CC1=NN(c2ccccc2Cl)C(=Nc2ccc(C(=O)/C=C/c3cccc(Oc4ccccc4)c3)cc2)C1. The number of carbonyl (C=O) groups excluding carboxylic acids is 1. The lowest BCUT2D eigenvalue weighted by Crippen LogP contribution is -2.20. The number of allylic oxidation sites excluding steroid dienone is 1. The van der Waals surface area contributed by atoms with E-state index in [0.29, 0.717) is 22.8 Å². The van der Waals surface area contributed by atoms with Crippen molar-refractivity contribution < 1.29 is 9.53 Å². The molecular weight excluding hydrogens is 482 g/mol. The van der Waals surface area contributed by atoms with Crippen molar-refractivity contribution in [1.29, 1.82) is 0 Å². The van der Waals surface area contributed by atoms with Gasteiger partial charge in [-0.3, -0.25) is 4.79 Å². The number of hydrogen-bond acceptors (Lipinski definition) is 4. The number of benzene rings is 4. The number of anilines is 1. The summed E-state index contributed by atoms with van der Waals surface area (Å²) in [5.74, 6) is 2.16. The Morgan fingerprint density at radius 1 is 0.919 bits per heavy atom. The second kappa shape index (κ2) is 11.1. The summed E-state index contributed by atoms with van der Waals surface area (Å²) in [6.45, 7) is 1.96. The molecule has 6 heteroatoms. The van der Waals surface area contributed by atoms with E-state index in [9.17, 15) is 4.79 Å². The molecule has 0 saturated heterocycles. The molecule has 0 bridgehead atoms. The van der Waals surface area contributed by atoms with Gasteiger partial charge >= 0.3 is 0 Å². The van der Waals surface area contributed by atoms with Crippen LogP contribution in [0.25, 0.3) is 6.08 Å². The first-order valence-corrected chi connectivity index (χ1v) is 12.2. The van der Waals surface area contributed by atoms with E-state index in [4.69, 9.17) is 21.3 Å². The topological polar surface area (TPSA) is 54.3 Å². The van der Waals surface area contributed by atoms with Crippen LogP contribution in [0.4, 0.5) is 11.4 Å². The van der Waals surface area contributed by atoms with Crippen molar-refractivity contribution >= 4 is 46.4 Å². The molecule has 1 aliphatic heterocycles. The highest BCUT2D eigenvalue weighted by molar-refractivity contribution is 6.34. The molecule has 0 fully saturated rings. The predicted octanol–water partition coefficient (Wildman–Crippen LogP) is 8.34. The smallest absolute Gasteiger partial charge is 0.185 e. The number of ether oxygens (including phenoxy) is 1. The maximum atomic E-state index is 12.8. The normalized spacial score (nSPS) is 14.3. The van der Waals surface area contributed by atoms with Crippen LogP contribution in [0.3, 0.4) is 0 Å². The van der Waals surface area contributed by atoms with Gasteiger partial charge in [0, 0.05) is 17.7 Å². The number of nitrogens with zero attached hydrogens (tertiary/aromatic N) is 3. The Morgan fingerprint density at radius 2 is 1.65 bits per heavy atom. The van der Waals surface area contributed by atoms with E-state index in [1.165, 1.54) is 0 Å². The Balaban J connectivity index is 1.27. The van der Waals surface area contributed by atoms with Gasteiger partial charge in [-0.05, 0) is 79.2 Å². The Hall–Kier alpha value is -4.48. The lowest BCUT2D eigenvalue weighted by Gasteiger charge is -2.16. The molecular formula is C31H24ClN3O2. The van der Waals surface area contributed by atoms with E-state index in [1.807, 2.05) is 97.9 Å². The van der Waals surface area contributed by atoms with Gasteiger partial charge in [-0.25, -0.2) is 10.0 Å². The summed E-state index contributed by atoms with van der Waals surface area (Å²) in [6, 6.07) is 32.0. The van der Waals surface area contributed by atoms with Crippen LogP contribution in [-0.2, 0) is 0 Å². The molecule has 5 nitrogen and oxygen atoms in total. The number of aliphatic imine (C=N–C) groups is 1. The fourth-order valence-electron chi connectivity index (χ4n) is 3.89. The van der Waals surface area contributed by atoms with E-state index in [2.05, 4.69) is 5.10 Å². The first-order chi connectivity index (χ1) is 18.0. The summed E-state index contributed by atoms with van der Waals surface area (Å²) in [6.07, 6.45) is 3.98. The van der Waals surface area contributed by atoms with E-state index in [-0.39, 0.29) is 5.78 Å². The number of hydrazone groups is 1. The van der Waals surface area contributed by atoms with Crippen LogP contribution in [0, 0.1) is 0 Å². The largest absolute Gasteiger partial charge is 0.457 e. The third-order valence-corrected chi connectivity index (χ3v) is 6.00. The van der Waals surface area contributed by atoms with Crippen LogP contribution in [-0.4, -0.2) is 17.3 Å². The third kappa shape index (κ3) is 6.02. The van der Waals surface area contributed by atoms with Gasteiger partial charge in [0.25, 0.3) is 0 Å². The molecule has 4 aromatic rings. The molecule has 0 aliphatic carbocycles. The number of para-hydroxylation sites is 2. The van der Waals surface area contributed by atoms with Gasteiger partial charge in [0.1, 0.15) is 17.3 Å². The van der Waals surface area contributed by atoms with Crippen LogP contribution in [0.15, 0.2) is 119 Å². The van der Waals surface area contributed by atoms with E-state index < -0.39 is 0 Å². The lowest BCUT2D eigenvalue weighted by molar-refractivity contribution is 0.104. The molecule has 0 spiro atoms. The number of hydrogen-bond donors (Lipinski definition) is 0. The van der Waals surface area contributed by atoms with Gasteiger partial charge in [-0.15, -0.1) is 0 Å². The molecule has 0 radical (unpaired) electrons. The fraction of sp³-hybridized carbons (Fsp3) is 0.0645. The molecule has 5 rings (SSSR count). The highest BCUT2D eigenvalue weighted by Gasteiger charge is 2.22. The number of rotatable bonds is 7. The lowest BCUT2D eigenvalue weighted by atomic mass is 10.1.